The molecule has 20 heavy (non-hydrogen) atoms. The third kappa shape index (κ3) is 2.40. The zero-order valence-electron chi connectivity index (χ0n) is 12.1. The van der Waals surface area contributed by atoms with E-state index >= 15 is 0 Å². The van der Waals surface area contributed by atoms with E-state index in [-0.39, 0.29) is 5.91 Å². The number of piperazine rings is 1. The third-order valence-corrected chi connectivity index (χ3v) is 4.66. The van der Waals surface area contributed by atoms with E-state index in [9.17, 15) is 4.79 Å². The number of rotatable bonds is 2. The minimum atomic E-state index is 0.0154. The highest BCUT2D eigenvalue weighted by molar-refractivity contribution is 5.98. The number of nitrogens with zero attached hydrogens (tertiary/aromatic N) is 4. The highest BCUT2D eigenvalue weighted by atomic mass is 16.2. The maximum Gasteiger partial charge on any atom is 0.259 e. The normalized spacial score (nSPS) is 21.6. The van der Waals surface area contributed by atoms with E-state index in [4.69, 9.17) is 5.73 Å². The minimum absolute atomic E-state index is 0.0154. The quantitative estimate of drug-likeness (QED) is 0.864. The van der Waals surface area contributed by atoms with Gasteiger partial charge < -0.3 is 10.6 Å². The first-order chi connectivity index (χ1) is 9.66. The van der Waals surface area contributed by atoms with Gasteiger partial charge in [-0.15, -0.1) is 0 Å². The Morgan fingerprint density at radius 3 is 2.45 bits per heavy atom. The van der Waals surface area contributed by atoms with Crippen LogP contribution in [0.3, 0.4) is 0 Å². The van der Waals surface area contributed by atoms with Crippen molar-refractivity contribution < 1.29 is 4.79 Å². The average molecular weight is 277 g/mol. The van der Waals surface area contributed by atoms with Crippen LogP contribution in [-0.2, 0) is 7.05 Å². The predicted octanol–water partition coefficient (Wildman–Crippen LogP) is 0.703. The van der Waals surface area contributed by atoms with Crippen molar-refractivity contribution in [3.05, 3.63) is 11.8 Å². The largest absolute Gasteiger partial charge is 0.383 e. The molecule has 2 heterocycles. The number of nitrogen functional groups attached to an aromatic ring is 1. The summed E-state index contributed by atoms with van der Waals surface area (Å²) in [7, 11) is 1.75. The van der Waals surface area contributed by atoms with Crippen molar-refractivity contribution in [1.29, 1.82) is 0 Å². The van der Waals surface area contributed by atoms with Crippen molar-refractivity contribution in [2.75, 3.05) is 31.9 Å². The molecule has 1 amide bonds. The van der Waals surface area contributed by atoms with Crippen LogP contribution in [0.2, 0.25) is 0 Å². The molecule has 2 fully saturated rings. The molecule has 0 bridgehead atoms. The standard InChI is InChI=1S/C14H23N5O/c1-17-13(15)12(10-16-17)14(20)19-8-6-18(7-9-19)11-4-2-3-5-11/h10-11H,2-9,15H2,1H3. The summed E-state index contributed by atoms with van der Waals surface area (Å²) in [6, 6.07) is 0.746. The molecule has 110 valence electrons. The first-order valence-electron chi connectivity index (χ1n) is 7.47. The molecule has 0 unspecified atom stereocenters. The summed E-state index contributed by atoms with van der Waals surface area (Å²) in [4.78, 5) is 16.9. The fourth-order valence-electron chi connectivity index (χ4n) is 3.34. The summed E-state index contributed by atoms with van der Waals surface area (Å²) in [5, 5.41) is 4.04. The molecule has 0 radical (unpaired) electrons. The summed E-state index contributed by atoms with van der Waals surface area (Å²) < 4.78 is 1.54. The van der Waals surface area contributed by atoms with E-state index in [0.717, 1.165) is 32.2 Å². The van der Waals surface area contributed by atoms with E-state index in [2.05, 4.69) is 10.00 Å². The SMILES string of the molecule is Cn1ncc(C(=O)N2CCN(C3CCCC3)CC2)c1N. The molecule has 3 rings (SSSR count). The minimum Gasteiger partial charge on any atom is -0.383 e. The van der Waals surface area contributed by atoms with Crippen LogP contribution in [0.15, 0.2) is 6.20 Å². The molecule has 2 N–H and O–H groups in total. The van der Waals surface area contributed by atoms with Gasteiger partial charge in [-0.25, -0.2) is 0 Å². The number of aryl methyl sites for hydroxylation is 1. The number of carbonyl (C=O) groups is 1. The number of nitrogens with two attached hydrogens (primary N) is 1. The fraction of sp³-hybridized carbons (Fsp3) is 0.714. The molecular weight excluding hydrogens is 254 g/mol. The Bertz CT molecular complexity index is 484. The molecule has 2 aliphatic rings. The molecular formula is C14H23N5O. The number of aromatic nitrogens is 2. The first kappa shape index (κ1) is 13.4. The average Bonchev–Trinajstić information content (AvgIpc) is 3.10. The molecule has 0 spiro atoms. The lowest BCUT2D eigenvalue weighted by Crippen LogP contribution is -2.51. The Morgan fingerprint density at radius 1 is 1.25 bits per heavy atom. The molecule has 0 atom stereocenters. The van der Waals surface area contributed by atoms with E-state index in [0.29, 0.717) is 11.4 Å². The zero-order chi connectivity index (χ0) is 14.1. The van der Waals surface area contributed by atoms with Gasteiger partial charge >= 0.3 is 0 Å². The second-order valence-electron chi connectivity index (χ2n) is 5.83. The van der Waals surface area contributed by atoms with Crippen LogP contribution in [0.25, 0.3) is 0 Å². The molecule has 1 aliphatic carbocycles. The lowest BCUT2D eigenvalue weighted by atomic mass is 10.1. The molecule has 1 aliphatic heterocycles. The Balaban J connectivity index is 1.60. The number of hydrogen-bond donors (Lipinski definition) is 1. The lowest BCUT2D eigenvalue weighted by Gasteiger charge is -2.38. The van der Waals surface area contributed by atoms with Crippen molar-refractivity contribution in [2.45, 2.75) is 31.7 Å². The second-order valence-corrected chi connectivity index (χ2v) is 5.83. The molecule has 6 nitrogen and oxygen atoms in total. The van der Waals surface area contributed by atoms with Crippen LogP contribution in [-0.4, -0.2) is 57.7 Å². The van der Waals surface area contributed by atoms with Crippen LogP contribution >= 0.6 is 0 Å². The van der Waals surface area contributed by atoms with Crippen molar-refractivity contribution in [2.24, 2.45) is 7.05 Å². The van der Waals surface area contributed by atoms with Crippen LogP contribution in [0, 0.1) is 0 Å². The highest BCUT2D eigenvalue weighted by Gasteiger charge is 2.29. The van der Waals surface area contributed by atoms with Gasteiger partial charge in [0.25, 0.3) is 5.91 Å². The van der Waals surface area contributed by atoms with Crippen LogP contribution in [0.1, 0.15) is 36.0 Å². The number of hydrogen-bond acceptors (Lipinski definition) is 4. The van der Waals surface area contributed by atoms with Gasteiger partial charge in [0.1, 0.15) is 11.4 Å². The maximum atomic E-state index is 12.4. The summed E-state index contributed by atoms with van der Waals surface area (Å²) in [6.07, 6.45) is 6.93. The number of anilines is 1. The zero-order valence-corrected chi connectivity index (χ0v) is 12.1. The van der Waals surface area contributed by atoms with Crippen LogP contribution < -0.4 is 5.73 Å². The smallest absolute Gasteiger partial charge is 0.259 e. The molecule has 1 saturated heterocycles. The molecule has 6 heteroatoms. The van der Waals surface area contributed by atoms with Crippen molar-refractivity contribution in [1.82, 2.24) is 19.6 Å². The van der Waals surface area contributed by atoms with Crippen LogP contribution in [0.4, 0.5) is 5.82 Å². The van der Waals surface area contributed by atoms with E-state index in [1.54, 1.807) is 17.9 Å². The molecule has 0 aromatic carbocycles. The van der Waals surface area contributed by atoms with E-state index < -0.39 is 0 Å². The summed E-state index contributed by atoms with van der Waals surface area (Å²) in [6.45, 7) is 3.56. The van der Waals surface area contributed by atoms with Crippen LogP contribution in [0.5, 0.6) is 0 Å². The Labute approximate surface area is 119 Å². The van der Waals surface area contributed by atoms with Gasteiger partial charge in [0, 0.05) is 39.3 Å². The molecule has 1 aromatic rings. The van der Waals surface area contributed by atoms with Gasteiger partial charge in [-0.3, -0.25) is 14.4 Å². The van der Waals surface area contributed by atoms with Gasteiger partial charge in [0.15, 0.2) is 0 Å². The van der Waals surface area contributed by atoms with Crippen molar-refractivity contribution in [3.63, 3.8) is 0 Å². The number of carbonyl (C=O) groups excluding carboxylic acids is 1. The van der Waals surface area contributed by atoms with Gasteiger partial charge in [-0.1, -0.05) is 12.8 Å². The third-order valence-electron chi connectivity index (χ3n) is 4.66. The summed E-state index contributed by atoms with van der Waals surface area (Å²) in [5.74, 6) is 0.467. The molecule has 1 saturated carbocycles. The Hall–Kier alpha value is -1.56. The Kier molecular flexibility index (Phi) is 3.65. The second kappa shape index (κ2) is 5.44. The maximum absolute atomic E-state index is 12.4. The monoisotopic (exact) mass is 277 g/mol. The van der Waals surface area contributed by atoms with Gasteiger partial charge in [0.05, 0.1) is 6.20 Å². The predicted molar refractivity (Wildman–Crippen MR) is 77.4 cm³/mol. The lowest BCUT2D eigenvalue weighted by molar-refractivity contribution is 0.0574. The highest BCUT2D eigenvalue weighted by Crippen LogP contribution is 2.24. The molecule has 1 aromatic heterocycles. The van der Waals surface area contributed by atoms with E-state index in [1.165, 1.54) is 25.7 Å². The summed E-state index contributed by atoms with van der Waals surface area (Å²) in [5.41, 5.74) is 6.41. The van der Waals surface area contributed by atoms with Gasteiger partial charge in [-0.2, -0.15) is 5.10 Å². The number of amides is 1. The van der Waals surface area contributed by atoms with Crippen molar-refractivity contribution >= 4 is 11.7 Å². The first-order valence-corrected chi connectivity index (χ1v) is 7.47. The topological polar surface area (TPSA) is 67.4 Å². The van der Waals surface area contributed by atoms with Gasteiger partial charge in [0.2, 0.25) is 0 Å². The fourth-order valence-corrected chi connectivity index (χ4v) is 3.34. The van der Waals surface area contributed by atoms with E-state index in [1.807, 2.05) is 4.90 Å². The van der Waals surface area contributed by atoms with Gasteiger partial charge in [-0.05, 0) is 12.8 Å². The summed E-state index contributed by atoms with van der Waals surface area (Å²) >= 11 is 0. The van der Waals surface area contributed by atoms with Crippen molar-refractivity contribution in [3.8, 4) is 0 Å². The Morgan fingerprint density at radius 2 is 1.90 bits per heavy atom.